The number of benzene rings is 10. The van der Waals surface area contributed by atoms with Crippen molar-refractivity contribution in [3.05, 3.63) is 347 Å². The maximum Gasteiger partial charge on any atom is 0.255 e. The number of para-hydroxylation sites is 1. The first-order chi connectivity index (χ1) is 68.5. The minimum absolute atomic E-state index is 0.149. The van der Waals surface area contributed by atoms with Gasteiger partial charge in [-0.1, -0.05) is 104 Å². The first kappa shape index (κ1) is 98.9. The summed E-state index contributed by atoms with van der Waals surface area (Å²) in [6.07, 6.45) is 16.6. The highest BCUT2D eigenvalue weighted by Gasteiger charge is 2.31. The fourth-order valence-electron chi connectivity index (χ4n) is 18.0. The minimum atomic E-state index is -3.35. The Kier molecular flexibility index (Phi) is 30.4. The lowest BCUT2D eigenvalue weighted by Crippen LogP contribution is -2.32. The van der Waals surface area contributed by atoms with E-state index >= 15 is 0 Å². The van der Waals surface area contributed by atoms with Gasteiger partial charge in [0.25, 0.3) is 23.6 Å². The first-order valence-corrected chi connectivity index (χ1v) is 54.2. The Balaban J connectivity index is 0.000000130. The maximum atomic E-state index is 13.2. The van der Waals surface area contributed by atoms with Gasteiger partial charge < -0.3 is 21.3 Å². The molecule has 0 aliphatic carbocycles. The van der Waals surface area contributed by atoms with E-state index in [1.807, 2.05) is 180 Å². The third-order valence-corrected chi connectivity index (χ3v) is 33.5. The summed E-state index contributed by atoms with van der Waals surface area (Å²) in [6, 6.07) is 81.8. The van der Waals surface area contributed by atoms with E-state index in [2.05, 4.69) is 59.4 Å². The van der Waals surface area contributed by atoms with Gasteiger partial charge in [0.05, 0.1) is 95.6 Å². The number of nitrogens with zero attached hydrogens (tertiary/aromatic N) is 10. The molecule has 0 spiro atoms. The maximum absolute atomic E-state index is 13.2. The van der Waals surface area contributed by atoms with Crippen LogP contribution in [0.4, 0.5) is 45.5 Å². The van der Waals surface area contributed by atoms with Crippen LogP contribution in [-0.4, -0.2) is 136 Å². The van der Waals surface area contributed by atoms with E-state index in [1.54, 1.807) is 128 Å². The normalized spacial score (nSPS) is 15.5. The summed E-state index contributed by atoms with van der Waals surface area (Å²) < 4.78 is 107. The van der Waals surface area contributed by atoms with Gasteiger partial charge in [0, 0.05) is 134 Å². The minimum Gasteiger partial charge on any atom is -0.322 e. The van der Waals surface area contributed by atoms with Crippen molar-refractivity contribution in [3.63, 3.8) is 0 Å². The molecule has 16 aromatic rings. The van der Waals surface area contributed by atoms with Gasteiger partial charge in [-0.25, -0.2) is 48.6 Å². The quantitative estimate of drug-likeness (QED) is 0.0698. The number of carbonyl (C=O) groups excluding carboxylic acids is 4. The predicted molar refractivity (Wildman–Crippen MR) is 571 cm³/mol. The molecule has 142 heavy (non-hydrogen) atoms. The van der Waals surface area contributed by atoms with E-state index < -0.39 is 40.1 Å². The molecular weight excluding hydrogens is 1890 g/mol. The number of sulfonamides is 4. The highest BCUT2D eigenvalue weighted by Crippen LogP contribution is 2.38. The lowest BCUT2D eigenvalue weighted by atomic mass is 9.99. The molecule has 4 fully saturated rings. The number of fused-ring (bicyclic) bond motifs is 4. The van der Waals surface area contributed by atoms with Gasteiger partial charge >= 0.3 is 0 Å². The fraction of sp³-hybridized carbons (Fsp3) is 0.225. The third kappa shape index (κ3) is 23.3. The number of nitrogens with one attached hydrogen (secondary N) is 4. The van der Waals surface area contributed by atoms with Crippen molar-refractivity contribution in [1.29, 1.82) is 0 Å². The highest BCUT2D eigenvalue weighted by molar-refractivity contribution is 7.93. The van der Waals surface area contributed by atoms with Gasteiger partial charge in [-0.05, 0) is 319 Å². The SMILES string of the molecule is Cc1cc(N2CCCCCS2(=O)=O)ccc1C(=O)Nc1ccc(C)c(-c2nccc3ccccc23)c1.Cc1cc(N2CCCCCS2(=O)=O)ccc1C(=O)Nc1ccc(Cl)c(-c2ccc3cnccc3n2)c1.Cc1ccc(NC(=O)c2ccc(N3CCCCCS3(=O)=O)cc2)cc1-c1ccc2ccccc2n1.Cc1ccc(NC(=O)c2ccc(N3CCCCCS3(=O)=O)cc2)cc1-c1ccc2ncccc2n1. The monoisotopic (exact) mass is 1990 g/mol. The summed E-state index contributed by atoms with van der Waals surface area (Å²) in [5.41, 5.74) is 21.6. The molecule has 6 aromatic heterocycles. The molecule has 4 amide bonds. The lowest BCUT2D eigenvalue weighted by Gasteiger charge is -2.23. The van der Waals surface area contributed by atoms with Crippen LogP contribution in [0.2, 0.25) is 5.02 Å². The zero-order chi connectivity index (χ0) is 99.4. The summed E-state index contributed by atoms with van der Waals surface area (Å²) in [5.74, 6) is -0.407. The van der Waals surface area contributed by atoms with E-state index in [4.69, 9.17) is 21.6 Å². The van der Waals surface area contributed by atoms with Gasteiger partial charge in [-0.3, -0.25) is 51.4 Å². The molecule has 4 aliphatic rings. The van der Waals surface area contributed by atoms with E-state index in [1.165, 1.54) is 17.2 Å². The van der Waals surface area contributed by atoms with Gasteiger partial charge in [0.1, 0.15) is 0 Å². The highest BCUT2D eigenvalue weighted by atomic mass is 35.5. The van der Waals surface area contributed by atoms with Crippen molar-refractivity contribution >= 4 is 164 Å². The second kappa shape index (κ2) is 43.6. The molecule has 724 valence electrons. The van der Waals surface area contributed by atoms with E-state index in [-0.39, 0.29) is 46.6 Å². The summed E-state index contributed by atoms with van der Waals surface area (Å²) in [6.45, 7) is 11.6. The molecule has 0 atom stereocenters. The Bertz CT molecular complexity index is 7760. The average Bonchev–Trinajstić information content (AvgIpc) is 1.36. The fourth-order valence-corrected chi connectivity index (χ4v) is 24.7. The molecule has 20 rings (SSSR count). The van der Waals surface area contributed by atoms with E-state index in [0.29, 0.717) is 141 Å². The molecule has 26 nitrogen and oxygen atoms in total. The van der Waals surface area contributed by atoms with Crippen LogP contribution in [-0.2, 0) is 40.1 Å². The van der Waals surface area contributed by atoms with Gasteiger partial charge in [-0.2, -0.15) is 0 Å². The molecule has 4 N–H and O–H groups in total. The molecular formula is C111H107ClN14O12S4. The van der Waals surface area contributed by atoms with Crippen LogP contribution in [0.25, 0.3) is 88.6 Å². The van der Waals surface area contributed by atoms with E-state index in [0.717, 1.165) is 151 Å². The van der Waals surface area contributed by atoms with Crippen molar-refractivity contribution in [3.8, 4) is 45.0 Å². The number of hydrogen-bond donors (Lipinski definition) is 4. The number of halogens is 1. The Hall–Kier alpha value is -14.7. The molecule has 0 unspecified atom stereocenters. The number of aromatic nitrogens is 6. The van der Waals surface area contributed by atoms with Crippen LogP contribution in [0.3, 0.4) is 0 Å². The van der Waals surface area contributed by atoms with E-state index in [9.17, 15) is 52.8 Å². The van der Waals surface area contributed by atoms with Crippen LogP contribution >= 0.6 is 11.6 Å². The molecule has 4 aliphatic heterocycles. The summed E-state index contributed by atoms with van der Waals surface area (Å²) >= 11 is 6.47. The van der Waals surface area contributed by atoms with Gasteiger partial charge in [-0.15, -0.1) is 0 Å². The number of carbonyl (C=O) groups is 4. The second-order valence-corrected chi connectivity index (χ2v) is 44.2. The first-order valence-electron chi connectivity index (χ1n) is 47.4. The smallest absolute Gasteiger partial charge is 0.255 e. The predicted octanol–water partition coefficient (Wildman–Crippen LogP) is 22.9. The average molecular weight is 1990 g/mol. The topological polar surface area (TPSA) is 343 Å². The van der Waals surface area contributed by atoms with Crippen molar-refractivity contribution in [2.45, 2.75) is 112 Å². The molecule has 0 saturated carbocycles. The number of aryl methyl sites for hydroxylation is 5. The third-order valence-electron chi connectivity index (χ3n) is 25.7. The Morgan fingerprint density at radius 3 is 1.19 bits per heavy atom. The van der Waals surface area contributed by atoms with Crippen LogP contribution in [0.5, 0.6) is 0 Å². The van der Waals surface area contributed by atoms with Crippen LogP contribution in [0, 0.1) is 34.6 Å². The van der Waals surface area contributed by atoms with Crippen LogP contribution in [0.15, 0.2) is 292 Å². The Morgan fingerprint density at radius 2 is 0.690 bits per heavy atom. The molecule has 31 heteroatoms. The number of pyridine rings is 6. The zero-order valence-corrected chi connectivity index (χ0v) is 83.3. The van der Waals surface area contributed by atoms with Crippen LogP contribution < -0.4 is 38.5 Å². The van der Waals surface area contributed by atoms with Gasteiger partial charge in [0.15, 0.2) is 0 Å². The number of anilines is 8. The molecule has 4 saturated heterocycles. The standard InChI is InChI=1S/C29H29N3O3S.C28H27N3O3S.C27H25ClN4O3S.C27H26N4O3S/c1-20-10-11-23(19-27(20)28-26-9-5-4-8-22(26)14-15-30-28)31-29(33)25-13-12-24(18-21(25)2)32-16-6-3-7-17-36(32,34)35;1-20-9-13-23(19-25(20)27-16-12-21-7-3-4-8-26(21)30-27)29-28(32)22-10-14-24(15-11-22)31-17-5-2-6-18-35(31,33)34;1-18-15-21(32-13-3-2-4-14-36(32,34)35)7-8-22(18)27(33)30-20-6-9-24(28)23(16-20)26-10-5-19-17-29-12-11-25(19)31-26;1-19-7-10-21(18-23(19)24-13-14-25-26(30-24)6-5-15-28-25)29-27(32)20-8-11-22(12-9-20)31-16-3-2-4-17-35(31,33)34/h4-5,8-15,18-19H,3,6-7,16-17H2,1-2H3,(H,31,33);3-4,7-16,19H,2,5-6,17-18H2,1H3,(H,29,32);5-12,15-17H,2-4,13-14H2,1H3,(H,30,33);5-15,18H,2-4,16-17H2,1H3,(H,29,32). The molecule has 10 aromatic carbocycles. The van der Waals surface area contributed by atoms with Crippen molar-refractivity contribution in [2.75, 3.05) is 87.7 Å². The largest absolute Gasteiger partial charge is 0.322 e. The summed E-state index contributed by atoms with van der Waals surface area (Å²) in [7, 11) is -13.3. The van der Waals surface area contributed by atoms with Crippen molar-refractivity contribution in [2.24, 2.45) is 0 Å². The van der Waals surface area contributed by atoms with Gasteiger partial charge in [0.2, 0.25) is 40.1 Å². The summed E-state index contributed by atoms with van der Waals surface area (Å²) in [4.78, 5) is 79.4. The second-order valence-electron chi connectivity index (χ2n) is 35.8. The zero-order valence-electron chi connectivity index (χ0n) is 79.2. The summed E-state index contributed by atoms with van der Waals surface area (Å²) in [5, 5.41) is 16.5. The number of hydrogen-bond acceptors (Lipinski definition) is 18. The molecule has 0 radical (unpaired) electrons. The molecule has 0 bridgehead atoms. The number of rotatable bonds is 16. The van der Waals surface area contributed by atoms with Crippen molar-refractivity contribution < 1.29 is 52.8 Å². The Morgan fingerprint density at radius 1 is 0.296 bits per heavy atom. The van der Waals surface area contributed by atoms with Crippen molar-refractivity contribution in [1.82, 2.24) is 29.9 Å². The number of amides is 4. The lowest BCUT2D eigenvalue weighted by molar-refractivity contribution is 0.101. The van der Waals surface area contributed by atoms with Crippen LogP contribution in [0.1, 0.15) is 146 Å². The Labute approximate surface area is 832 Å². The molecule has 10 heterocycles.